The molecule has 11 heteroatoms. The van der Waals surface area contributed by atoms with Gasteiger partial charge in [0.15, 0.2) is 11.5 Å². The lowest BCUT2D eigenvalue weighted by atomic mass is 10.1. The normalized spacial score (nSPS) is 10.4. The van der Waals surface area contributed by atoms with Gasteiger partial charge in [0.25, 0.3) is 0 Å². The summed E-state index contributed by atoms with van der Waals surface area (Å²) in [5.74, 6) is 1.00. The lowest BCUT2D eigenvalue weighted by Gasteiger charge is -2.15. The third kappa shape index (κ3) is 5.12. The number of nitrogens with one attached hydrogen (secondary N) is 2. The van der Waals surface area contributed by atoms with Crippen LogP contribution in [0.1, 0.15) is 11.1 Å². The van der Waals surface area contributed by atoms with Crippen molar-refractivity contribution >= 4 is 17.3 Å². The summed E-state index contributed by atoms with van der Waals surface area (Å²) in [4.78, 5) is 19.1. The van der Waals surface area contributed by atoms with Crippen molar-refractivity contribution in [2.75, 3.05) is 32.0 Å². The molecule has 0 fully saturated rings. The Labute approximate surface area is 183 Å². The second kappa shape index (κ2) is 10.2. The van der Waals surface area contributed by atoms with Gasteiger partial charge in [0.1, 0.15) is 12.1 Å². The summed E-state index contributed by atoms with van der Waals surface area (Å²) in [5.41, 5.74) is 1.02. The lowest BCUT2D eigenvalue weighted by molar-refractivity contribution is -0.383. The highest BCUT2D eigenvalue weighted by Crippen LogP contribution is 2.38. The van der Waals surface area contributed by atoms with Crippen LogP contribution in [0.25, 0.3) is 0 Å². The molecule has 168 valence electrons. The molecule has 1 heterocycles. The first kappa shape index (κ1) is 22.5. The van der Waals surface area contributed by atoms with Crippen LogP contribution in [-0.2, 0) is 13.1 Å². The number of hydrogen-bond donors (Lipinski definition) is 2. The van der Waals surface area contributed by atoms with Gasteiger partial charge in [-0.3, -0.25) is 10.1 Å². The molecule has 3 aromatic rings. The highest BCUT2D eigenvalue weighted by atomic mass is 19.1. The molecule has 32 heavy (non-hydrogen) atoms. The summed E-state index contributed by atoms with van der Waals surface area (Å²) in [6, 6.07) is 9.37. The first-order chi connectivity index (χ1) is 15.5. The van der Waals surface area contributed by atoms with Crippen LogP contribution in [0.4, 0.5) is 21.7 Å². The molecule has 3 rings (SSSR count). The van der Waals surface area contributed by atoms with Crippen LogP contribution in [0.2, 0.25) is 0 Å². The molecule has 0 atom stereocenters. The van der Waals surface area contributed by atoms with Gasteiger partial charge in [0, 0.05) is 13.1 Å². The Hall–Kier alpha value is -4.15. The van der Waals surface area contributed by atoms with Crippen LogP contribution in [-0.4, -0.2) is 36.2 Å². The second-order valence-electron chi connectivity index (χ2n) is 6.55. The molecule has 1 aromatic heterocycles. The Morgan fingerprint density at radius 2 is 1.53 bits per heavy atom. The average Bonchev–Trinajstić information content (AvgIpc) is 2.80. The fraction of sp³-hybridized carbons (Fsp3) is 0.238. The minimum atomic E-state index is -0.578. The van der Waals surface area contributed by atoms with Crippen LogP contribution in [0.15, 0.2) is 42.7 Å². The molecule has 2 N–H and O–H groups in total. The maximum absolute atomic E-state index is 13.4. The summed E-state index contributed by atoms with van der Waals surface area (Å²) in [6.07, 6.45) is 1.21. The smallest absolute Gasteiger partial charge is 0.353 e. The number of halogens is 1. The molecule has 0 saturated carbocycles. The van der Waals surface area contributed by atoms with Crippen LogP contribution in [0.5, 0.6) is 17.2 Å². The number of nitrogens with zero attached hydrogens (tertiary/aromatic N) is 3. The van der Waals surface area contributed by atoms with E-state index in [9.17, 15) is 14.5 Å². The predicted octanol–water partition coefficient (Wildman–Crippen LogP) is 3.77. The molecule has 10 nitrogen and oxygen atoms in total. The number of anilines is 2. The van der Waals surface area contributed by atoms with E-state index in [-0.39, 0.29) is 30.4 Å². The van der Waals surface area contributed by atoms with E-state index < -0.39 is 10.7 Å². The molecule has 0 amide bonds. The van der Waals surface area contributed by atoms with Gasteiger partial charge in [0.2, 0.25) is 17.4 Å². The average molecular weight is 443 g/mol. The first-order valence-corrected chi connectivity index (χ1v) is 9.47. The summed E-state index contributed by atoms with van der Waals surface area (Å²) in [7, 11) is 4.50. The fourth-order valence-electron chi connectivity index (χ4n) is 3.07. The number of nitro groups is 1. The summed E-state index contributed by atoms with van der Waals surface area (Å²) < 4.78 is 29.3. The number of hydrogen-bond acceptors (Lipinski definition) is 9. The third-order valence-corrected chi connectivity index (χ3v) is 4.54. The van der Waals surface area contributed by atoms with Crippen molar-refractivity contribution in [1.29, 1.82) is 0 Å². The van der Waals surface area contributed by atoms with Crippen molar-refractivity contribution in [2.24, 2.45) is 0 Å². The van der Waals surface area contributed by atoms with Crippen LogP contribution >= 0.6 is 0 Å². The number of aromatic nitrogens is 2. The molecular weight excluding hydrogens is 421 g/mol. The molecule has 0 aliphatic heterocycles. The first-order valence-electron chi connectivity index (χ1n) is 9.47. The van der Waals surface area contributed by atoms with Gasteiger partial charge in [-0.1, -0.05) is 12.1 Å². The largest absolute Gasteiger partial charge is 0.493 e. The van der Waals surface area contributed by atoms with Crippen molar-refractivity contribution in [3.8, 4) is 17.2 Å². The number of ether oxygens (including phenoxy) is 3. The van der Waals surface area contributed by atoms with Gasteiger partial charge in [0.05, 0.1) is 26.3 Å². The third-order valence-electron chi connectivity index (χ3n) is 4.54. The zero-order chi connectivity index (χ0) is 23.1. The fourth-order valence-corrected chi connectivity index (χ4v) is 3.07. The molecule has 0 radical (unpaired) electrons. The SMILES string of the molecule is COc1cc(CNc2ncnc(NCc3cccc(F)c3)c2[N+](=O)[O-])cc(OC)c1OC. The van der Waals surface area contributed by atoms with E-state index in [0.29, 0.717) is 22.8 Å². The maximum Gasteiger partial charge on any atom is 0.353 e. The molecule has 2 aromatic carbocycles. The minimum Gasteiger partial charge on any atom is -0.493 e. The lowest BCUT2D eigenvalue weighted by Crippen LogP contribution is -2.10. The summed E-state index contributed by atoms with van der Waals surface area (Å²) in [5, 5.41) is 17.6. The molecular formula is C21H22FN5O5. The Kier molecular flexibility index (Phi) is 7.21. The van der Waals surface area contributed by atoms with E-state index in [1.165, 1.54) is 39.8 Å². The molecule has 0 saturated heterocycles. The minimum absolute atomic E-state index is 0.0154. The molecule has 0 aliphatic carbocycles. The zero-order valence-electron chi connectivity index (χ0n) is 17.7. The topological polar surface area (TPSA) is 121 Å². The van der Waals surface area contributed by atoms with Crippen LogP contribution in [0.3, 0.4) is 0 Å². The Balaban J connectivity index is 1.82. The van der Waals surface area contributed by atoms with Crippen molar-refractivity contribution in [2.45, 2.75) is 13.1 Å². The van der Waals surface area contributed by atoms with Gasteiger partial charge >= 0.3 is 5.69 Å². The van der Waals surface area contributed by atoms with Gasteiger partial charge < -0.3 is 24.8 Å². The van der Waals surface area contributed by atoms with Crippen molar-refractivity contribution in [3.05, 3.63) is 69.8 Å². The van der Waals surface area contributed by atoms with Crippen molar-refractivity contribution in [3.63, 3.8) is 0 Å². The number of rotatable bonds is 10. The Morgan fingerprint density at radius 3 is 2.03 bits per heavy atom. The predicted molar refractivity (Wildman–Crippen MR) is 116 cm³/mol. The number of benzene rings is 2. The maximum atomic E-state index is 13.4. The van der Waals surface area contributed by atoms with Crippen LogP contribution < -0.4 is 24.8 Å². The highest BCUT2D eigenvalue weighted by Gasteiger charge is 2.23. The molecule has 0 bridgehead atoms. The van der Waals surface area contributed by atoms with Gasteiger partial charge in [-0.2, -0.15) is 0 Å². The van der Waals surface area contributed by atoms with Crippen molar-refractivity contribution in [1.82, 2.24) is 9.97 Å². The van der Waals surface area contributed by atoms with Crippen molar-refractivity contribution < 1.29 is 23.5 Å². The van der Waals surface area contributed by atoms with E-state index >= 15 is 0 Å². The Bertz CT molecular complexity index is 1090. The molecule has 0 aliphatic rings. The van der Waals surface area contributed by atoms with E-state index in [1.54, 1.807) is 24.3 Å². The summed E-state index contributed by atoms with van der Waals surface area (Å²) >= 11 is 0. The van der Waals surface area contributed by atoms with Gasteiger partial charge in [-0.25, -0.2) is 14.4 Å². The van der Waals surface area contributed by atoms with Gasteiger partial charge in [-0.05, 0) is 35.4 Å². The monoisotopic (exact) mass is 443 g/mol. The summed E-state index contributed by atoms with van der Waals surface area (Å²) in [6.45, 7) is 0.347. The van der Waals surface area contributed by atoms with E-state index in [4.69, 9.17) is 14.2 Å². The highest BCUT2D eigenvalue weighted by molar-refractivity contribution is 5.69. The standard InChI is InChI=1S/C21H22FN5O5/c1-30-16-8-14(9-17(31-2)19(16)32-3)11-24-21-18(27(28)29)20(25-12-26-21)23-10-13-5-4-6-15(22)7-13/h4-9,12H,10-11H2,1-3H3,(H2,23,24,25,26). The molecule has 0 unspecified atom stereocenters. The second-order valence-corrected chi connectivity index (χ2v) is 6.55. The Morgan fingerprint density at radius 1 is 0.938 bits per heavy atom. The zero-order valence-corrected chi connectivity index (χ0v) is 17.7. The number of methoxy groups -OCH3 is 3. The van der Waals surface area contributed by atoms with E-state index in [0.717, 1.165) is 5.56 Å². The quantitative estimate of drug-likeness (QED) is 0.356. The van der Waals surface area contributed by atoms with E-state index in [1.807, 2.05) is 0 Å². The molecule has 0 spiro atoms. The van der Waals surface area contributed by atoms with E-state index in [2.05, 4.69) is 20.6 Å². The van der Waals surface area contributed by atoms with Gasteiger partial charge in [-0.15, -0.1) is 0 Å². The van der Waals surface area contributed by atoms with Crippen LogP contribution in [0, 0.1) is 15.9 Å².